The summed E-state index contributed by atoms with van der Waals surface area (Å²) >= 11 is 0. The van der Waals surface area contributed by atoms with E-state index in [0.717, 1.165) is 12.3 Å². The molecule has 0 unspecified atom stereocenters. The predicted molar refractivity (Wildman–Crippen MR) is 90.4 cm³/mol. The number of anilines is 1. The van der Waals surface area contributed by atoms with Gasteiger partial charge in [-0.05, 0) is 30.3 Å². The van der Waals surface area contributed by atoms with Gasteiger partial charge in [-0.1, -0.05) is 24.3 Å². The van der Waals surface area contributed by atoms with Crippen LogP contribution in [0.1, 0.15) is 16.1 Å². The van der Waals surface area contributed by atoms with Crippen molar-refractivity contribution >= 4 is 21.4 Å². The van der Waals surface area contributed by atoms with Crippen LogP contribution < -0.4 is 5.32 Å². The first-order valence-corrected chi connectivity index (χ1v) is 9.13. The zero-order chi connectivity index (χ0) is 18.7. The van der Waals surface area contributed by atoms with Gasteiger partial charge in [-0.15, -0.1) is 0 Å². The highest BCUT2D eigenvalue weighted by Crippen LogP contribution is 2.22. The van der Waals surface area contributed by atoms with Crippen LogP contribution in [-0.4, -0.2) is 14.3 Å². The fourth-order valence-electron chi connectivity index (χ4n) is 2.34. The number of sulfone groups is 1. The topological polar surface area (TPSA) is 76.4 Å². The van der Waals surface area contributed by atoms with E-state index in [4.69, 9.17) is 4.42 Å². The van der Waals surface area contributed by atoms with E-state index in [1.807, 2.05) is 0 Å². The first-order chi connectivity index (χ1) is 12.4. The van der Waals surface area contributed by atoms with Crippen molar-refractivity contribution in [2.75, 3.05) is 5.32 Å². The number of halogens is 2. The third-order valence-electron chi connectivity index (χ3n) is 3.60. The van der Waals surface area contributed by atoms with Crippen LogP contribution >= 0.6 is 0 Å². The van der Waals surface area contributed by atoms with Crippen LogP contribution in [0.4, 0.5) is 14.5 Å². The second-order valence-corrected chi connectivity index (χ2v) is 7.39. The lowest BCUT2D eigenvalue weighted by atomic mass is 10.2. The molecule has 2 aromatic carbocycles. The van der Waals surface area contributed by atoms with Crippen LogP contribution in [-0.2, 0) is 15.6 Å². The molecule has 134 valence electrons. The Hall–Kier alpha value is -3.00. The van der Waals surface area contributed by atoms with Crippen molar-refractivity contribution in [3.63, 3.8) is 0 Å². The molecule has 0 spiro atoms. The molecule has 1 N–H and O–H groups in total. The maximum atomic E-state index is 13.7. The quantitative estimate of drug-likeness (QED) is 0.734. The lowest BCUT2D eigenvalue weighted by Gasteiger charge is -2.07. The summed E-state index contributed by atoms with van der Waals surface area (Å²) in [6.07, 6.45) is 1.16. The van der Waals surface area contributed by atoms with E-state index in [2.05, 4.69) is 5.32 Å². The van der Waals surface area contributed by atoms with Gasteiger partial charge in [0, 0.05) is 5.56 Å². The molecule has 1 amide bonds. The average Bonchev–Trinajstić information content (AvgIpc) is 3.07. The minimum absolute atomic E-state index is 0.101. The van der Waals surface area contributed by atoms with Gasteiger partial charge in [-0.3, -0.25) is 4.79 Å². The van der Waals surface area contributed by atoms with Crippen molar-refractivity contribution in [1.82, 2.24) is 0 Å². The van der Waals surface area contributed by atoms with Gasteiger partial charge >= 0.3 is 0 Å². The van der Waals surface area contributed by atoms with E-state index in [-0.39, 0.29) is 21.9 Å². The molecule has 3 aromatic rings. The van der Waals surface area contributed by atoms with Crippen molar-refractivity contribution in [3.05, 3.63) is 83.8 Å². The molecule has 0 aliphatic carbocycles. The minimum atomic E-state index is -3.70. The number of hydrogen-bond acceptors (Lipinski definition) is 4. The highest BCUT2D eigenvalue weighted by Gasteiger charge is 2.23. The zero-order valence-corrected chi connectivity index (χ0v) is 14.1. The molecule has 26 heavy (non-hydrogen) atoms. The average molecular weight is 377 g/mol. The van der Waals surface area contributed by atoms with Crippen molar-refractivity contribution in [1.29, 1.82) is 0 Å². The van der Waals surface area contributed by atoms with E-state index in [1.54, 1.807) is 18.2 Å². The first-order valence-electron chi connectivity index (χ1n) is 7.48. The number of carbonyl (C=O) groups is 1. The minimum Gasteiger partial charge on any atom is -0.459 e. The highest BCUT2D eigenvalue weighted by molar-refractivity contribution is 7.90. The van der Waals surface area contributed by atoms with Crippen molar-refractivity contribution in [2.24, 2.45) is 0 Å². The number of furan rings is 1. The number of rotatable bonds is 5. The van der Waals surface area contributed by atoms with Gasteiger partial charge in [0.25, 0.3) is 5.91 Å². The number of amides is 1. The molecule has 8 heteroatoms. The maximum Gasteiger partial charge on any atom is 0.291 e. The molecule has 0 radical (unpaired) electrons. The maximum absolute atomic E-state index is 13.7. The van der Waals surface area contributed by atoms with E-state index in [9.17, 15) is 22.0 Å². The van der Waals surface area contributed by atoms with E-state index >= 15 is 0 Å². The van der Waals surface area contributed by atoms with Gasteiger partial charge in [0.05, 0.1) is 22.6 Å². The number of nitrogens with one attached hydrogen (secondary N) is 1. The standard InChI is InChI=1S/C18H13F2NO4S/c19-14-7-4-8-15(16(14)20)21-18(22)17-12(9-10-25-17)11-26(23,24)13-5-2-1-3-6-13/h1-10H,11H2,(H,21,22). The second-order valence-electron chi connectivity index (χ2n) is 5.40. The SMILES string of the molecule is O=C(Nc1cccc(F)c1F)c1occc1CS(=O)(=O)c1ccccc1. The number of benzene rings is 2. The Morgan fingerprint density at radius 3 is 2.46 bits per heavy atom. The molecule has 3 rings (SSSR count). The zero-order valence-electron chi connectivity index (χ0n) is 13.3. The monoisotopic (exact) mass is 377 g/mol. The van der Waals surface area contributed by atoms with Gasteiger partial charge in [-0.25, -0.2) is 17.2 Å². The van der Waals surface area contributed by atoms with Gasteiger partial charge in [-0.2, -0.15) is 0 Å². The number of hydrogen-bond donors (Lipinski definition) is 1. The molecule has 1 heterocycles. The molecule has 0 saturated heterocycles. The molecule has 0 atom stereocenters. The molecule has 0 aliphatic heterocycles. The van der Waals surface area contributed by atoms with Gasteiger partial charge < -0.3 is 9.73 Å². The van der Waals surface area contributed by atoms with E-state index in [1.165, 1.54) is 30.3 Å². The van der Waals surface area contributed by atoms with Crippen LogP contribution in [0.2, 0.25) is 0 Å². The third-order valence-corrected chi connectivity index (χ3v) is 5.28. The summed E-state index contributed by atoms with van der Waals surface area (Å²) in [4.78, 5) is 12.4. The number of carbonyl (C=O) groups excluding carboxylic acids is 1. The Labute approximate surface area is 148 Å². The molecule has 5 nitrogen and oxygen atoms in total. The molecular formula is C18H13F2NO4S. The smallest absolute Gasteiger partial charge is 0.291 e. The second kappa shape index (κ2) is 7.09. The summed E-state index contributed by atoms with van der Waals surface area (Å²) in [5, 5.41) is 2.18. The Bertz CT molecular complexity index is 1050. The summed E-state index contributed by atoms with van der Waals surface area (Å²) in [6, 6.07) is 12.4. The summed E-state index contributed by atoms with van der Waals surface area (Å²) in [5.41, 5.74) is -0.258. The molecule has 0 saturated carbocycles. The van der Waals surface area contributed by atoms with Crippen molar-refractivity contribution in [2.45, 2.75) is 10.6 Å². The first kappa shape index (κ1) is 17.8. The molecule has 0 aliphatic rings. The van der Waals surface area contributed by atoms with E-state index < -0.39 is 33.1 Å². The molecule has 1 aromatic heterocycles. The van der Waals surface area contributed by atoms with Gasteiger partial charge in [0.15, 0.2) is 27.2 Å². The van der Waals surface area contributed by atoms with Crippen LogP contribution in [0.3, 0.4) is 0 Å². The van der Waals surface area contributed by atoms with Crippen LogP contribution in [0, 0.1) is 11.6 Å². The molecule has 0 bridgehead atoms. The van der Waals surface area contributed by atoms with Crippen molar-refractivity contribution in [3.8, 4) is 0 Å². The lowest BCUT2D eigenvalue weighted by Crippen LogP contribution is -2.16. The summed E-state index contributed by atoms with van der Waals surface area (Å²) in [7, 11) is -3.70. The Kier molecular flexibility index (Phi) is 4.85. The van der Waals surface area contributed by atoms with Crippen LogP contribution in [0.15, 0.2) is 70.2 Å². The van der Waals surface area contributed by atoms with E-state index in [0.29, 0.717) is 0 Å². The summed E-state index contributed by atoms with van der Waals surface area (Å²) < 4.78 is 56.9. The lowest BCUT2D eigenvalue weighted by molar-refractivity contribution is 0.0995. The van der Waals surface area contributed by atoms with Crippen LogP contribution in [0.25, 0.3) is 0 Å². The normalized spacial score (nSPS) is 11.3. The Morgan fingerprint density at radius 1 is 1.00 bits per heavy atom. The largest absolute Gasteiger partial charge is 0.459 e. The van der Waals surface area contributed by atoms with Gasteiger partial charge in [0.1, 0.15) is 0 Å². The molecule has 0 fully saturated rings. The Balaban J connectivity index is 1.84. The fourth-order valence-corrected chi connectivity index (χ4v) is 3.72. The van der Waals surface area contributed by atoms with Crippen LogP contribution in [0.5, 0.6) is 0 Å². The summed E-state index contributed by atoms with van der Waals surface area (Å²) in [5.74, 6) is -3.96. The molecular weight excluding hydrogens is 364 g/mol. The summed E-state index contributed by atoms with van der Waals surface area (Å²) in [6.45, 7) is 0. The Morgan fingerprint density at radius 2 is 1.73 bits per heavy atom. The van der Waals surface area contributed by atoms with Gasteiger partial charge in [0.2, 0.25) is 0 Å². The third kappa shape index (κ3) is 3.65. The highest BCUT2D eigenvalue weighted by atomic mass is 32.2. The fraction of sp³-hybridized carbons (Fsp3) is 0.0556. The van der Waals surface area contributed by atoms with Crippen molar-refractivity contribution < 1.29 is 26.4 Å². The predicted octanol–water partition coefficient (Wildman–Crippen LogP) is 3.78.